The van der Waals surface area contributed by atoms with Gasteiger partial charge in [0.1, 0.15) is 0 Å². The van der Waals surface area contributed by atoms with Gasteiger partial charge in [0.15, 0.2) is 14.9 Å². The smallest absolute Gasteiger partial charge is 0.192 e. The zero-order chi connectivity index (χ0) is 14.9. The van der Waals surface area contributed by atoms with Crippen molar-refractivity contribution in [1.82, 2.24) is 9.88 Å². The van der Waals surface area contributed by atoms with E-state index in [1.54, 1.807) is 18.3 Å². The van der Waals surface area contributed by atoms with Crippen molar-refractivity contribution in [3.05, 3.63) is 18.3 Å². The Morgan fingerprint density at radius 3 is 2.60 bits per heavy atom. The molecule has 0 aliphatic carbocycles. The highest BCUT2D eigenvalue weighted by atomic mass is 32.2. The van der Waals surface area contributed by atoms with Crippen LogP contribution in [0.2, 0.25) is 0 Å². The molecule has 1 saturated heterocycles. The minimum absolute atomic E-state index is 0.118. The molecule has 6 heteroatoms. The molecule has 1 aromatic rings. The molecular weight excluding hydrogens is 274 g/mol. The second-order valence-corrected chi connectivity index (χ2v) is 7.87. The molecule has 0 bridgehead atoms. The Morgan fingerprint density at radius 1 is 1.35 bits per heavy atom. The average molecular weight is 297 g/mol. The van der Waals surface area contributed by atoms with Crippen molar-refractivity contribution < 1.29 is 8.42 Å². The number of sulfone groups is 1. The third-order valence-corrected chi connectivity index (χ3v) is 5.08. The van der Waals surface area contributed by atoms with Gasteiger partial charge < -0.3 is 10.2 Å². The maximum absolute atomic E-state index is 11.4. The summed E-state index contributed by atoms with van der Waals surface area (Å²) < 4.78 is 22.8. The molecule has 1 N–H and O–H groups in total. The first-order valence-electron chi connectivity index (χ1n) is 6.90. The molecular formula is C14H23N3O2S. The lowest BCUT2D eigenvalue weighted by Crippen LogP contribution is -2.48. The number of piperidine rings is 1. The Labute approximate surface area is 121 Å². The van der Waals surface area contributed by atoms with Crippen LogP contribution in [0.4, 0.5) is 5.69 Å². The number of nitrogens with one attached hydrogen (secondary N) is 1. The fourth-order valence-electron chi connectivity index (χ4n) is 2.64. The molecule has 0 radical (unpaired) electrons. The third kappa shape index (κ3) is 3.49. The van der Waals surface area contributed by atoms with E-state index >= 15 is 0 Å². The van der Waals surface area contributed by atoms with Crippen LogP contribution in [0.15, 0.2) is 23.4 Å². The second-order valence-electron chi connectivity index (χ2n) is 5.91. The van der Waals surface area contributed by atoms with Gasteiger partial charge in [0.05, 0.1) is 11.9 Å². The zero-order valence-corrected chi connectivity index (χ0v) is 13.3. The van der Waals surface area contributed by atoms with Crippen LogP contribution in [-0.2, 0) is 9.84 Å². The maximum Gasteiger partial charge on any atom is 0.192 e. The molecule has 1 aliphatic rings. The Balaban J connectivity index is 2.07. The molecule has 112 valence electrons. The molecule has 1 aromatic heterocycles. The summed E-state index contributed by atoms with van der Waals surface area (Å²) in [6.45, 7) is 5.53. The van der Waals surface area contributed by atoms with E-state index in [9.17, 15) is 8.42 Å². The lowest BCUT2D eigenvalue weighted by molar-refractivity contribution is 0.145. The summed E-state index contributed by atoms with van der Waals surface area (Å²) in [7, 11) is -1.07. The largest absolute Gasteiger partial charge is 0.381 e. The van der Waals surface area contributed by atoms with Gasteiger partial charge in [-0.05, 0) is 38.4 Å². The van der Waals surface area contributed by atoms with Gasteiger partial charge in [-0.15, -0.1) is 0 Å². The molecule has 2 heterocycles. The van der Waals surface area contributed by atoms with Gasteiger partial charge in [-0.3, -0.25) is 0 Å². The average Bonchev–Trinajstić information content (AvgIpc) is 2.35. The predicted octanol–water partition coefficient (Wildman–Crippen LogP) is 1.63. The summed E-state index contributed by atoms with van der Waals surface area (Å²) in [5.74, 6) is 0.547. The highest BCUT2D eigenvalue weighted by Crippen LogP contribution is 2.24. The van der Waals surface area contributed by atoms with Gasteiger partial charge >= 0.3 is 0 Å². The lowest BCUT2D eigenvalue weighted by atomic mass is 9.90. The van der Waals surface area contributed by atoms with Crippen molar-refractivity contribution in [3.8, 4) is 0 Å². The minimum atomic E-state index is -3.23. The van der Waals surface area contributed by atoms with Crippen LogP contribution in [0.1, 0.15) is 20.3 Å². The molecule has 0 aromatic carbocycles. The zero-order valence-electron chi connectivity index (χ0n) is 12.5. The molecule has 3 unspecified atom stereocenters. The Hall–Kier alpha value is -1.14. The van der Waals surface area contributed by atoms with Crippen LogP contribution in [-0.4, -0.2) is 50.2 Å². The molecule has 20 heavy (non-hydrogen) atoms. The van der Waals surface area contributed by atoms with Gasteiger partial charge in [0.2, 0.25) is 0 Å². The van der Waals surface area contributed by atoms with E-state index in [1.165, 1.54) is 6.26 Å². The maximum atomic E-state index is 11.4. The first-order valence-corrected chi connectivity index (χ1v) is 8.79. The van der Waals surface area contributed by atoms with E-state index < -0.39 is 9.84 Å². The van der Waals surface area contributed by atoms with Crippen LogP contribution in [0.5, 0.6) is 0 Å². The topological polar surface area (TPSA) is 62.3 Å². The Bertz CT molecular complexity index is 556. The first kappa shape index (κ1) is 15.3. The monoisotopic (exact) mass is 297 g/mol. The highest BCUT2D eigenvalue weighted by Gasteiger charge is 2.28. The van der Waals surface area contributed by atoms with Crippen molar-refractivity contribution in [2.75, 3.05) is 25.2 Å². The standard InChI is InChI=1S/C14H23N3O2S/c1-10-9-17(3)11(2)7-13(10)16-12-5-6-14(15-8-12)20(4,18)19/h5-6,8,10-11,13,16H,7,9H2,1-4H3. The summed E-state index contributed by atoms with van der Waals surface area (Å²) >= 11 is 0. The Morgan fingerprint density at radius 2 is 2.05 bits per heavy atom. The van der Waals surface area contributed by atoms with Crippen molar-refractivity contribution in [1.29, 1.82) is 0 Å². The van der Waals surface area contributed by atoms with Crippen molar-refractivity contribution in [2.45, 2.75) is 37.4 Å². The van der Waals surface area contributed by atoms with Crippen LogP contribution in [0.3, 0.4) is 0 Å². The SMILES string of the molecule is CC1CN(C)C(C)CC1Nc1ccc(S(C)(=O)=O)nc1. The number of pyridine rings is 1. The molecule has 1 aliphatic heterocycles. The van der Waals surface area contributed by atoms with Crippen LogP contribution in [0.25, 0.3) is 0 Å². The van der Waals surface area contributed by atoms with Gasteiger partial charge in [-0.2, -0.15) is 0 Å². The normalized spacial score (nSPS) is 28.3. The third-order valence-electron chi connectivity index (χ3n) is 4.08. The van der Waals surface area contributed by atoms with Gasteiger partial charge in [-0.25, -0.2) is 13.4 Å². The summed E-state index contributed by atoms with van der Waals surface area (Å²) in [6, 6.07) is 4.29. The fraction of sp³-hybridized carbons (Fsp3) is 0.643. The number of hydrogen-bond acceptors (Lipinski definition) is 5. The minimum Gasteiger partial charge on any atom is -0.381 e. The number of anilines is 1. The number of aromatic nitrogens is 1. The number of rotatable bonds is 3. The van der Waals surface area contributed by atoms with E-state index in [0.717, 1.165) is 18.7 Å². The van der Waals surface area contributed by atoms with Crippen molar-refractivity contribution in [3.63, 3.8) is 0 Å². The molecule has 3 atom stereocenters. The van der Waals surface area contributed by atoms with Crippen molar-refractivity contribution >= 4 is 15.5 Å². The quantitative estimate of drug-likeness (QED) is 0.918. The Kier molecular flexibility index (Phi) is 4.34. The van der Waals surface area contributed by atoms with Crippen LogP contribution in [0, 0.1) is 5.92 Å². The van der Waals surface area contributed by atoms with E-state index in [1.807, 2.05) is 0 Å². The van der Waals surface area contributed by atoms with Gasteiger partial charge in [0.25, 0.3) is 0 Å². The molecule has 0 amide bonds. The molecule has 0 saturated carbocycles. The number of hydrogen-bond donors (Lipinski definition) is 1. The summed E-state index contributed by atoms with van der Waals surface area (Å²) in [4.78, 5) is 6.38. The first-order chi connectivity index (χ1) is 9.27. The summed E-state index contributed by atoms with van der Waals surface area (Å²) in [5, 5.41) is 3.59. The summed E-state index contributed by atoms with van der Waals surface area (Å²) in [5.41, 5.74) is 0.881. The van der Waals surface area contributed by atoms with Crippen LogP contribution >= 0.6 is 0 Å². The van der Waals surface area contributed by atoms with Crippen molar-refractivity contribution in [2.24, 2.45) is 5.92 Å². The lowest BCUT2D eigenvalue weighted by Gasteiger charge is -2.40. The summed E-state index contributed by atoms with van der Waals surface area (Å²) in [6.07, 6.45) is 3.85. The van der Waals surface area contributed by atoms with E-state index in [-0.39, 0.29) is 5.03 Å². The van der Waals surface area contributed by atoms with Gasteiger partial charge in [0, 0.05) is 24.9 Å². The fourth-order valence-corrected chi connectivity index (χ4v) is 3.20. The second kappa shape index (κ2) is 5.69. The highest BCUT2D eigenvalue weighted by molar-refractivity contribution is 7.90. The van der Waals surface area contributed by atoms with Crippen LogP contribution < -0.4 is 5.32 Å². The molecule has 0 spiro atoms. The van der Waals surface area contributed by atoms with E-state index in [0.29, 0.717) is 18.0 Å². The predicted molar refractivity (Wildman–Crippen MR) is 80.6 cm³/mol. The molecule has 5 nitrogen and oxygen atoms in total. The number of likely N-dealkylation sites (tertiary alicyclic amines) is 1. The van der Waals surface area contributed by atoms with E-state index in [2.05, 4.69) is 36.1 Å². The molecule has 2 rings (SSSR count). The van der Waals surface area contributed by atoms with Gasteiger partial charge in [-0.1, -0.05) is 6.92 Å². The molecule has 1 fully saturated rings. The van der Waals surface area contributed by atoms with E-state index in [4.69, 9.17) is 0 Å². The number of nitrogens with zero attached hydrogens (tertiary/aromatic N) is 2.